The number of unbranched alkanes of at least 4 members (excludes halogenated alkanes) is 1. The molecule has 0 aliphatic heterocycles. The van der Waals surface area contributed by atoms with Crippen molar-refractivity contribution in [2.75, 3.05) is 39.3 Å². The molecule has 0 saturated carbocycles. The van der Waals surface area contributed by atoms with Gasteiger partial charge in [0, 0.05) is 37.5 Å². The summed E-state index contributed by atoms with van der Waals surface area (Å²) in [6.07, 6.45) is 2.59. The van der Waals surface area contributed by atoms with E-state index in [0.29, 0.717) is 32.2 Å². The first-order chi connectivity index (χ1) is 30.0. The Bertz CT molecular complexity index is 1630. The largest absolute Gasteiger partial charge is 0.480 e. The summed E-state index contributed by atoms with van der Waals surface area (Å²) in [5, 5.41) is 27.6. The van der Waals surface area contributed by atoms with Crippen LogP contribution in [0, 0.1) is 11.3 Å². The van der Waals surface area contributed by atoms with E-state index in [-0.39, 0.29) is 100 Å². The number of hydrogen-bond acceptors (Lipinski definition) is 11. The highest BCUT2D eigenvalue weighted by molar-refractivity contribution is 5.96. The first kappa shape index (κ1) is 57.6. The van der Waals surface area contributed by atoms with Crippen LogP contribution in [-0.2, 0) is 38.4 Å². The number of hydrogen-bond donors (Lipinski definition) is 14. The summed E-state index contributed by atoms with van der Waals surface area (Å²) in [5.41, 5.74) is 32.1. The molecular formula is C39H74N16O9. The maximum atomic E-state index is 13.9. The summed E-state index contributed by atoms with van der Waals surface area (Å²) in [7, 11) is 0. The van der Waals surface area contributed by atoms with Gasteiger partial charge in [0.1, 0.15) is 24.2 Å². The van der Waals surface area contributed by atoms with Gasteiger partial charge in [-0.2, -0.15) is 0 Å². The second-order valence-corrected chi connectivity index (χ2v) is 15.8. The van der Waals surface area contributed by atoms with Gasteiger partial charge in [-0.1, -0.05) is 34.6 Å². The zero-order valence-corrected chi connectivity index (χ0v) is 37.9. The van der Waals surface area contributed by atoms with Crippen LogP contribution in [0.2, 0.25) is 0 Å². The number of aliphatic carboxylic acids is 1. The van der Waals surface area contributed by atoms with Gasteiger partial charge in [-0.15, -0.1) is 0 Å². The molecule has 0 spiro atoms. The number of rotatable bonds is 33. The summed E-state index contributed by atoms with van der Waals surface area (Å²) >= 11 is 0. The number of nitrogens with zero attached hydrogens (tertiary/aromatic N) is 3. The van der Waals surface area contributed by atoms with Crippen molar-refractivity contribution in [1.82, 2.24) is 37.2 Å². The number of nitrogens with one attached hydrogen (secondary N) is 7. The molecule has 25 heteroatoms. The number of carboxylic acid groups (broad SMARTS) is 1. The Balaban J connectivity index is 6.10. The van der Waals surface area contributed by atoms with E-state index in [1.807, 2.05) is 27.7 Å². The molecule has 5 atom stereocenters. The molecule has 0 heterocycles. The van der Waals surface area contributed by atoms with Gasteiger partial charge in [0.2, 0.25) is 41.4 Å². The van der Waals surface area contributed by atoms with Crippen LogP contribution in [0.4, 0.5) is 0 Å². The number of carboxylic acids is 1. The van der Waals surface area contributed by atoms with Crippen molar-refractivity contribution in [3.63, 3.8) is 0 Å². The molecule has 0 bridgehead atoms. The topological polar surface area (TPSA) is 434 Å². The number of carbonyl (C=O) groups is 8. The third kappa shape index (κ3) is 26.1. The van der Waals surface area contributed by atoms with Crippen molar-refractivity contribution in [2.24, 2.45) is 60.7 Å². The van der Waals surface area contributed by atoms with Crippen LogP contribution < -0.4 is 71.6 Å². The highest BCUT2D eigenvalue weighted by atomic mass is 16.4. The zero-order chi connectivity index (χ0) is 48.8. The van der Waals surface area contributed by atoms with Gasteiger partial charge in [-0.3, -0.25) is 48.5 Å². The molecule has 0 aromatic rings. The average Bonchev–Trinajstić information content (AvgIpc) is 3.23. The second-order valence-electron chi connectivity index (χ2n) is 15.8. The van der Waals surface area contributed by atoms with E-state index in [9.17, 15) is 43.5 Å². The molecule has 7 amide bonds. The normalized spacial score (nSPS) is 13.2. The van der Waals surface area contributed by atoms with Crippen molar-refractivity contribution in [2.45, 2.75) is 129 Å². The highest BCUT2D eigenvalue weighted by Crippen LogP contribution is 2.19. The SMILES string of the molecule is CCC(C)C(=O)NCC(=O)NC(CCCN=C(N)N)C(=O)NC(CCCN=C(N)N)C(=O)NC(CCCN=C(N)N)C(=O)NCC(=O)NC(CCCCNC(=O)C(C)(C)CC)C(=O)O. The highest BCUT2D eigenvalue weighted by Gasteiger charge is 2.30. The number of aliphatic imine (C=N–C) groups is 3. The van der Waals surface area contributed by atoms with E-state index < -0.39 is 78.2 Å². The predicted molar refractivity (Wildman–Crippen MR) is 241 cm³/mol. The predicted octanol–water partition coefficient (Wildman–Crippen LogP) is -3.83. The summed E-state index contributed by atoms with van der Waals surface area (Å²) < 4.78 is 0. The van der Waals surface area contributed by atoms with Crippen molar-refractivity contribution in [3.05, 3.63) is 0 Å². The van der Waals surface area contributed by atoms with E-state index in [0.717, 1.165) is 0 Å². The molecule has 0 saturated heterocycles. The minimum absolute atomic E-state index is 0.0202. The van der Waals surface area contributed by atoms with Crippen LogP contribution in [0.5, 0.6) is 0 Å². The Kier molecular flexibility index (Phi) is 28.3. The van der Waals surface area contributed by atoms with Crippen LogP contribution in [0.25, 0.3) is 0 Å². The van der Waals surface area contributed by atoms with Crippen molar-refractivity contribution >= 4 is 65.2 Å². The number of nitrogens with two attached hydrogens (primary N) is 6. The molecule has 0 aromatic carbocycles. The molecule has 0 rings (SSSR count). The number of amides is 7. The van der Waals surface area contributed by atoms with Crippen LogP contribution >= 0.6 is 0 Å². The molecule has 5 unspecified atom stereocenters. The van der Waals surface area contributed by atoms with E-state index >= 15 is 0 Å². The Morgan fingerprint density at radius 2 is 0.922 bits per heavy atom. The van der Waals surface area contributed by atoms with E-state index in [2.05, 4.69) is 52.2 Å². The first-order valence-electron chi connectivity index (χ1n) is 21.5. The molecule has 64 heavy (non-hydrogen) atoms. The zero-order valence-electron chi connectivity index (χ0n) is 37.9. The van der Waals surface area contributed by atoms with Gasteiger partial charge in [0.25, 0.3) is 0 Å². The Hall–Kier alpha value is -6.43. The third-order valence-electron chi connectivity index (χ3n) is 10.00. The lowest BCUT2D eigenvalue weighted by Gasteiger charge is -2.25. The molecule has 25 nitrogen and oxygen atoms in total. The summed E-state index contributed by atoms with van der Waals surface area (Å²) in [5.74, 6) is -6.63. The van der Waals surface area contributed by atoms with Gasteiger partial charge in [-0.05, 0) is 70.6 Å². The monoisotopic (exact) mass is 911 g/mol. The quantitative estimate of drug-likeness (QED) is 0.0170. The lowest BCUT2D eigenvalue weighted by Crippen LogP contribution is -2.57. The molecule has 364 valence electrons. The summed E-state index contributed by atoms with van der Waals surface area (Å²) in [6.45, 7) is 8.55. The Labute approximate surface area is 374 Å². The molecule has 0 aromatic heterocycles. The van der Waals surface area contributed by atoms with Gasteiger partial charge >= 0.3 is 5.97 Å². The van der Waals surface area contributed by atoms with Gasteiger partial charge in [-0.25, -0.2) is 4.79 Å². The van der Waals surface area contributed by atoms with Crippen molar-refractivity contribution < 1.29 is 43.5 Å². The van der Waals surface area contributed by atoms with Gasteiger partial charge in [0.15, 0.2) is 17.9 Å². The van der Waals surface area contributed by atoms with Crippen LogP contribution in [0.1, 0.15) is 105 Å². The summed E-state index contributed by atoms with van der Waals surface area (Å²) in [4.78, 5) is 115. The van der Waals surface area contributed by atoms with Crippen molar-refractivity contribution in [3.8, 4) is 0 Å². The maximum Gasteiger partial charge on any atom is 0.326 e. The molecular weight excluding hydrogens is 837 g/mol. The Morgan fingerprint density at radius 1 is 0.531 bits per heavy atom. The standard InChI is InChI=1S/C39H74N16O9/c1-6-23(3)30(58)50-21-28(56)52-25(15-11-19-48-37(42)43)32(60)55-26(16-12-20-49-38(44)45)33(61)54-24(14-10-18-47-36(40)41)31(59)51-22-29(57)53-27(34(62)63)13-8-9-17-46-35(64)39(4,5)7-2/h23-27H,6-22H2,1-5H3,(H,46,64)(H,50,58)(H,51,59)(H,52,56)(H,53,57)(H,54,61)(H,55,60)(H,62,63)(H4,40,41,47)(H4,42,43,48)(H4,44,45,49). The molecule has 0 fully saturated rings. The third-order valence-corrected chi connectivity index (χ3v) is 10.00. The fraction of sp³-hybridized carbons (Fsp3) is 0.718. The number of carbonyl (C=O) groups excluding carboxylic acids is 7. The van der Waals surface area contributed by atoms with E-state index in [1.165, 1.54) is 0 Å². The fourth-order valence-electron chi connectivity index (χ4n) is 5.50. The van der Waals surface area contributed by atoms with Crippen molar-refractivity contribution in [1.29, 1.82) is 0 Å². The molecule has 20 N–H and O–H groups in total. The minimum atomic E-state index is -1.32. The lowest BCUT2D eigenvalue weighted by molar-refractivity contribution is -0.142. The molecule has 0 radical (unpaired) electrons. The molecule has 0 aliphatic rings. The first-order valence-corrected chi connectivity index (χ1v) is 21.5. The van der Waals surface area contributed by atoms with E-state index in [1.54, 1.807) is 6.92 Å². The smallest absolute Gasteiger partial charge is 0.326 e. The van der Waals surface area contributed by atoms with Gasteiger partial charge < -0.3 is 76.7 Å². The van der Waals surface area contributed by atoms with Gasteiger partial charge in [0.05, 0.1) is 13.1 Å². The van der Waals surface area contributed by atoms with Crippen LogP contribution in [0.15, 0.2) is 15.0 Å². The fourth-order valence-corrected chi connectivity index (χ4v) is 5.50. The lowest BCUT2D eigenvalue weighted by atomic mass is 9.89. The van der Waals surface area contributed by atoms with Crippen LogP contribution in [0.3, 0.4) is 0 Å². The number of guanidine groups is 3. The minimum Gasteiger partial charge on any atom is -0.480 e. The maximum absolute atomic E-state index is 13.9. The van der Waals surface area contributed by atoms with E-state index in [4.69, 9.17) is 34.4 Å². The van der Waals surface area contributed by atoms with Crippen LogP contribution in [-0.4, -0.2) is 134 Å². The Morgan fingerprint density at radius 3 is 1.33 bits per heavy atom. The average molecular weight is 911 g/mol. The summed E-state index contributed by atoms with van der Waals surface area (Å²) in [6, 6.07) is -5.13. The molecule has 0 aliphatic carbocycles. The second kappa shape index (κ2) is 31.4.